The SMILES string of the molecule is C=CCCOC(=O)[C@@H](NC(=O)[C@@H](NC(=O)[C@@H]1OC(=O)[C@H]1[C@@H](C)CC)C(C)C)C(C)C. The van der Waals surface area contributed by atoms with Gasteiger partial charge < -0.3 is 20.1 Å². The van der Waals surface area contributed by atoms with Crippen molar-refractivity contribution in [3.8, 4) is 0 Å². The van der Waals surface area contributed by atoms with E-state index >= 15 is 0 Å². The fourth-order valence-electron chi connectivity index (χ4n) is 3.17. The van der Waals surface area contributed by atoms with Crippen molar-refractivity contribution < 1.29 is 28.7 Å². The normalized spacial score (nSPS) is 21.1. The molecule has 0 radical (unpaired) electrons. The van der Waals surface area contributed by atoms with Crippen molar-refractivity contribution in [2.75, 3.05) is 6.61 Å². The van der Waals surface area contributed by atoms with Crippen LogP contribution < -0.4 is 10.6 Å². The van der Waals surface area contributed by atoms with Crippen LogP contribution in [0.1, 0.15) is 54.4 Å². The summed E-state index contributed by atoms with van der Waals surface area (Å²) < 4.78 is 10.2. The Morgan fingerprint density at radius 3 is 2.17 bits per heavy atom. The molecular formula is C22H36N2O6. The summed E-state index contributed by atoms with van der Waals surface area (Å²) in [6, 6.07) is -1.72. The highest BCUT2D eigenvalue weighted by Gasteiger charge is 2.50. The molecule has 1 aliphatic rings. The van der Waals surface area contributed by atoms with Crippen LogP contribution in [0.3, 0.4) is 0 Å². The summed E-state index contributed by atoms with van der Waals surface area (Å²) in [6.07, 6.45) is 2.00. The molecule has 1 saturated heterocycles. The molecule has 8 heteroatoms. The molecule has 2 N–H and O–H groups in total. The Hall–Kier alpha value is -2.38. The summed E-state index contributed by atoms with van der Waals surface area (Å²) in [5, 5.41) is 5.39. The smallest absolute Gasteiger partial charge is 0.328 e. The molecule has 1 rings (SSSR count). The van der Waals surface area contributed by atoms with Gasteiger partial charge in [0.15, 0.2) is 6.10 Å². The lowest BCUT2D eigenvalue weighted by Crippen LogP contribution is -2.61. The van der Waals surface area contributed by atoms with Gasteiger partial charge in [-0.15, -0.1) is 6.58 Å². The summed E-state index contributed by atoms with van der Waals surface area (Å²) in [5.74, 6) is -2.84. The van der Waals surface area contributed by atoms with Crippen LogP contribution in [0.2, 0.25) is 0 Å². The molecule has 30 heavy (non-hydrogen) atoms. The average Bonchev–Trinajstić information content (AvgIpc) is 2.67. The van der Waals surface area contributed by atoms with Gasteiger partial charge in [-0.3, -0.25) is 14.4 Å². The second kappa shape index (κ2) is 11.7. The minimum atomic E-state index is -0.897. The summed E-state index contributed by atoms with van der Waals surface area (Å²) in [4.78, 5) is 49.7. The minimum Gasteiger partial charge on any atom is -0.464 e. The molecule has 0 saturated carbocycles. The molecule has 0 spiro atoms. The standard InChI is InChI=1S/C22H36N2O6/c1-8-10-11-29-22(28)17(13(5)6)24-19(25)16(12(3)4)23-20(26)18-15(14(7)9-2)21(27)30-18/h8,12-18H,1,9-11H2,2-7H3,(H,23,26)(H,24,25)/t14-,15-,16-,17-,18+/m0/s1. The third kappa shape index (κ3) is 6.57. The quantitative estimate of drug-likeness (QED) is 0.282. The maximum absolute atomic E-state index is 12.9. The van der Waals surface area contributed by atoms with Crippen LogP contribution in [0.5, 0.6) is 0 Å². The van der Waals surface area contributed by atoms with Crippen LogP contribution in [0.15, 0.2) is 12.7 Å². The number of ether oxygens (including phenoxy) is 2. The van der Waals surface area contributed by atoms with Gasteiger partial charge in [0.05, 0.1) is 6.61 Å². The van der Waals surface area contributed by atoms with Crippen LogP contribution in [-0.4, -0.2) is 48.5 Å². The van der Waals surface area contributed by atoms with Crippen molar-refractivity contribution >= 4 is 23.8 Å². The zero-order chi connectivity index (χ0) is 23.0. The van der Waals surface area contributed by atoms with Gasteiger partial charge >= 0.3 is 11.9 Å². The second-order valence-electron chi connectivity index (χ2n) is 8.47. The maximum Gasteiger partial charge on any atom is 0.328 e. The Morgan fingerprint density at radius 1 is 1.10 bits per heavy atom. The van der Waals surface area contributed by atoms with Gasteiger partial charge in [0, 0.05) is 0 Å². The van der Waals surface area contributed by atoms with Crippen LogP contribution in [0.4, 0.5) is 0 Å². The molecule has 0 unspecified atom stereocenters. The monoisotopic (exact) mass is 424 g/mol. The number of amides is 2. The minimum absolute atomic E-state index is 0.00369. The van der Waals surface area contributed by atoms with E-state index in [4.69, 9.17) is 9.47 Å². The van der Waals surface area contributed by atoms with Crippen molar-refractivity contribution in [1.29, 1.82) is 0 Å². The van der Waals surface area contributed by atoms with Gasteiger partial charge in [0.1, 0.15) is 18.0 Å². The molecule has 0 aromatic rings. The fraction of sp³-hybridized carbons (Fsp3) is 0.727. The number of nitrogens with one attached hydrogen (secondary N) is 2. The van der Waals surface area contributed by atoms with Crippen LogP contribution in [-0.2, 0) is 28.7 Å². The number of carbonyl (C=O) groups excluding carboxylic acids is 4. The zero-order valence-corrected chi connectivity index (χ0v) is 18.9. The Labute approximate surface area is 179 Å². The highest BCUT2D eigenvalue weighted by Crippen LogP contribution is 2.31. The molecule has 2 amide bonds. The predicted molar refractivity (Wildman–Crippen MR) is 112 cm³/mol. The first-order valence-corrected chi connectivity index (χ1v) is 10.6. The Kier molecular flexibility index (Phi) is 10.0. The van der Waals surface area contributed by atoms with Gasteiger partial charge in [-0.25, -0.2) is 4.79 Å². The van der Waals surface area contributed by atoms with E-state index in [0.717, 1.165) is 6.42 Å². The van der Waals surface area contributed by atoms with E-state index in [-0.39, 0.29) is 24.4 Å². The van der Waals surface area contributed by atoms with E-state index < -0.39 is 47.9 Å². The molecule has 1 heterocycles. The predicted octanol–water partition coefficient (Wildman–Crippen LogP) is 1.98. The lowest BCUT2D eigenvalue weighted by atomic mass is 9.82. The third-order valence-corrected chi connectivity index (χ3v) is 5.39. The highest BCUT2D eigenvalue weighted by atomic mass is 16.6. The summed E-state index contributed by atoms with van der Waals surface area (Å²) in [5.41, 5.74) is 0. The number of esters is 2. The van der Waals surface area contributed by atoms with E-state index in [1.165, 1.54) is 0 Å². The van der Waals surface area contributed by atoms with Crippen LogP contribution in [0.25, 0.3) is 0 Å². The lowest BCUT2D eigenvalue weighted by molar-refractivity contribution is -0.193. The fourth-order valence-corrected chi connectivity index (χ4v) is 3.17. The zero-order valence-electron chi connectivity index (χ0n) is 18.9. The van der Waals surface area contributed by atoms with Gasteiger partial charge in [-0.1, -0.05) is 54.0 Å². The molecule has 8 nitrogen and oxygen atoms in total. The number of hydrogen-bond donors (Lipinski definition) is 2. The van der Waals surface area contributed by atoms with Crippen LogP contribution in [0, 0.1) is 23.7 Å². The van der Waals surface area contributed by atoms with Gasteiger partial charge in [0.2, 0.25) is 5.91 Å². The van der Waals surface area contributed by atoms with Crippen molar-refractivity contribution in [3.05, 3.63) is 12.7 Å². The Balaban J connectivity index is 2.81. The summed E-state index contributed by atoms with van der Waals surface area (Å²) in [7, 11) is 0. The second-order valence-corrected chi connectivity index (χ2v) is 8.47. The molecule has 170 valence electrons. The highest BCUT2D eigenvalue weighted by molar-refractivity contribution is 5.97. The van der Waals surface area contributed by atoms with Crippen molar-refractivity contribution in [1.82, 2.24) is 10.6 Å². The topological polar surface area (TPSA) is 111 Å². The first-order valence-electron chi connectivity index (χ1n) is 10.6. The molecule has 0 aromatic carbocycles. The first-order chi connectivity index (χ1) is 14.0. The molecule has 5 atom stereocenters. The van der Waals surface area contributed by atoms with Crippen molar-refractivity contribution in [2.45, 2.75) is 72.6 Å². The summed E-state index contributed by atoms with van der Waals surface area (Å²) >= 11 is 0. The molecule has 0 aromatic heterocycles. The number of rotatable bonds is 12. The van der Waals surface area contributed by atoms with Crippen molar-refractivity contribution in [3.63, 3.8) is 0 Å². The van der Waals surface area contributed by atoms with Gasteiger partial charge in [-0.05, 0) is 24.2 Å². The van der Waals surface area contributed by atoms with E-state index in [1.54, 1.807) is 33.8 Å². The number of cyclic esters (lactones) is 1. The molecule has 1 aliphatic heterocycles. The van der Waals surface area contributed by atoms with E-state index in [9.17, 15) is 19.2 Å². The van der Waals surface area contributed by atoms with Crippen molar-refractivity contribution in [2.24, 2.45) is 23.7 Å². The molecule has 1 fully saturated rings. The van der Waals surface area contributed by atoms with Gasteiger partial charge in [-0.2, -0.15) is 0 Å². The number of carbonyl (C=O) groups is 4. The van der Waals surface area contributed by atoms with Crippen LogP contribution >= 0.6 is 0 Å². The lowest BCUT2D eigenvalue weighted by Gasteiger charge is -2.38. The average molecular weight is 425 g/mol. The molecule has 0 aliphatic carbocycles. The largest absolute Gasteiger partial charge is 0.464 e. The molecular weight excluding hydrogens is 388 g/mol. The van der Waals surface area contributed by atoms with E-state index in [1.807, 2.05) is 13.8 Å². The Morgan fingerprint density at radius 2 is 1.70 bits per heavy atom. The number of hydrogen-bond acceptors (Lipinski definition) is 6. The summed E-state index contributed by atoms with van der Waals surface area (Å²) in [6.45, 7) is 14.8. The first kappa shape index (κ1) is 25.7. The Bertz CT molecular complexity index is 646. The maximum atomic E-state index is 12.9. The van der Waals surface area contributed by atoms with E-state index in [2.05, 4.69) is 17.2 Å². The third-order valence-electron chi connectivity index (χ3n) is 5.39. The van der Waals surface area contributed by atoms with Gasteiger partial charge in [0.25, 0.3) is 5.91 Å². The molecule has 0 bridgehead atoms. The van der Waals surface area contributed by atoms with E-state index in [0.29, 0.717) is 6.42 Å².